The van der Waals surface area contributed by atoms with Gasteiger partial charge in [0.25, 0.3) is 17.4 Å². The molecule has 0 aromatic carbocycles. The number of carboxylic acid groups (broad SMARTS) is 1. The van der Waals surface area contributed by atoms with Crippen LogP contribution in [0.25, 0.3) is 0 Å². The largest absolute Gasteiger partial charge is 0.480 e. The quantitative estimate of drug-likeness (QED) is 0.332. The van der Waals surface area contributed by atoms with Gasteiger partial charge in [0.05, 0.1) is 0 Å². The van der Waals surface area contributed by atoms with Crippen LogP contribution in [0.2, 0.25) is 0 Å². The van der Waals surface area contributed by atoms with Gasteiger partial charge in [0.2, 0.25) is 5.91 Å². The van der Waals surface area contributed by atoms with Crippen molar-refractivity contribution < 1.29 is 29.0 Å². The molecule has 0 radical (unpaired) electrons. The maximum absolute atomic E-state index is 12.9. The highest BCUT2D eigenvalue weighted by Crippen LogP contribution is 2.57. The standard InChI is InChI=1S/C17H23N3O6S/c1-15(2)9(12(22)23)20-10(21)8(11(20)27-15)19-14(25)17(13(18)24)16(26-17)6-4-3-5-7-16/h8-9,11H,3-7H2,1-2H3,(H2,18,24)(H,19,25)(H,22,23)/t8?,9-,11+,17?/m0/s1. The van der Waals surface area contributed by atoms with Gasteiger partial charge in [-0.2, -0.15) is 0 Å². The van der Waals surface area contributed by atoms with E-state index < -0.39 is 57.1 Å². The molecule has 0 aromatic rings. The van der Waals surface area contributed by atoms with Crippen LogP contribution in [0.4, 0.5) is 0 Å². The first-order valence-corrected chi connectivity index (χ1v) is 9.99. The zero-order chi connectivity index (χ0) is 19.8. The summed E-state index contributed by atoms with van der Waals surface area (Å²) in [6.45, 7) is 3.51. The second kappa shape index (κ2) is 5.60. The minimum absolute atomic E-state index is 0.461. The number of hydrogen-bond donors (Lipinski definition) is 3. The van der Waals surface area contributed by atoms with Gasteiger partial charge in [-0.05, 0) is 26.7 Å². The van der Waals surface area contributed by atoms with Crippen molar-refractivity contribution in [3.8, 4) is 0 Å². The second-order valence-electron chi connectivity index (χ2n) is 8.25. The molecule has 1 spiro atoms. The van der Waals surface area contributed by atoms with Gasteiger partial charge < -0.3 is 25.8 Å². The SMILES string of the molecule is CC1(C)S[C@@H]2C(NC(=O)C3(C(N)=O)OC34CCCCC4)C(=O)N2[C@H]1C(=O)O. The normalized spacial score (nSPS) is 38.1. The topological polar surface area (TPSA) is 142 Å². The van der Waals surface area contributed by atoms with Crippen molar-refractivity contribution in [2.75, 3.05) is 0 Å². The molecule has 27 heavy (non-hydrogen) atoms. The number of nitrogens with one attached hydrogen (secondary N) is 1. The van der Waals surface area contributed by atoms with Crippen LogP contribution in [-0.4, -0.2) is 67.1 Å². The van der Waals surface area contributed by atoms with Gasteiger partial charge in [0.1, 0.15) is 23.1 Å². The lowest BCUT2D eigenvalue weighted by molar-refractivity contribution is -0.161. The predicted octanol–water partition coefficient (Wildman–Crippen LogP) is -0.425. The van der Waals surface area contributed by atoms with Gasteiger partial charge in [-0.3, -0.25) is 14.4 Å². The van der Waals surface area contributed by atoms with E-state index in [1.165, 1.54) is 16.7 Å². The molecule has 9 nitrogen and oxygen atoms in total. The molecule has 3 amide bonds. The van der Waals surface area contributed by atoms with Gasteiger partial charge in [-0.25, -0.2) is 4.79 Å². The van der Waals surface area contributed by atoms with Crippen LogP contribution < -0.4 is 11.1 Å². The predicted molar refractivity (Wildman–Crippen MR) is 94.5 cm³/mol. The molecule has 0 bridgehead atoms. The molecule has 1 aliphatic carbocycles. The summed E-state index contributed by atoms with van der Waals surface area (Å²) in [5.41, 5.74) is 2.93. The molecular formula is C17H23N3O6S. The molecule has 4 atom stereocenters. The Hall–Kier alpha value is -1.81. The summed E-state index contributed by atoms with van der Waals surface area (Å²) in [6.07, 6.45) is 3.89. The molecule has 4 N–H and O–H groups in total. The molecule has 148 valence electrons. The van der Waals surface area contributed by atoms with Crippen molar-refractivity contribution in [3.05, 3.63) is 0 Å². The molecular weight excluding hydrogens is 374 g/mol. The Bertz CT molecular complexity index is 749. The number of thioether (sulfide) groups is 1. The third kappa shape index (κ3) is 2.29. The first-order chi connectivity index (χ1) is 12.6. The number of epoxide rings is 1. The number of carbonyl (C=O) groups excluding carboxylic acids is 3. The third-order valence-electron chi connectivity index (χ3n) is 6.24. The molecule has 2 unspecified atom stereocenters. The zero-order valence-corrected chi connectivity index (χ0v) is 16.0. The van der Waals surface area contributed by atoms with Gasteiger partial charge in [0, 0.05) is 4.75 Å². The second-order valence-corrected chi connectivity index (χ2v) is 10.0. The van der Waals surface area contributed by atoms with Crippen molar-refractivity contribution in [1.29, 1.82) is 0 Å². The highest BCUT2D eigenvalue weighted by molar-refractivity contribution is 8.01. The van der Waals surface area contributed by atoms with E-state index in [9.17, 15) is 24.3 Å². The van der Waals surface area contributed by atoms with Crippen LogP contribution in [0.1, 0.15) is 46.0 Å². The summed E-state index contributed by atoms with van der Waals surface area (Å²) in [6, 6.07) is -1.84. The molecule has 4 fully saturated rings. The van der Waals surface area contributed by atoms with E-state index in [-0.39, 0.29) is 0 Å². The molecule has 4 rings (SSSR count). The average molecular weight is 397 g/mol. The van der Waals surface area contributed by atoms with Gasteiger partial charge in [-0.1, -0.05) is 19.3 Å². The minimum Gasteiger partial charge on any atom is -0.480 e. The molecule has 3 saturated heterocycles. The summed E-state index contributed by atoms with van der Waals surface area (Å²) in [4.78, 5) is 50.4. The van der Waals surface area contributed by atoms with Crippen LogP contribution >= 0.6 is 11.8 Å². The summed E-state index contributed by atoms with van der Waals surface area (Å²) >= 11 is 1.33. The first-order valence-electron chi connectivity index (χ1n) is 9.11. The minimum atomic E-state index is -1.72. The summed E-state index contributed by atoms with van der Waals surface area (Å²) in [5, 5.41) is 11.6. The maximum Gasteiger partial charge on any atom is 0.327 e. The number of aliphatic carboxylic acids is 1. The van der Waals surface area contributed by atoms with E-state index in [0.717, 1.165) is 19.3 Å². The smallest absolute Gasteiger partial charge is 0.327 e. The third-order valence-corrected chi connectivity index (χ3v) is 7.81. The lowest BCUT2D eigenvalue weighted by Crippen LogP contribution is -2.72. The van der Waals surface area contributed by atoms with E-state index in [0.29, 0.717) is 12.8 Å². The number of nitrogens with zero attached hydrogens (tertiary/aromatic N) is 1. The average Bonchev–Trinajstić information content (AvgIpc) is 3.16. The summed E-state index contributed by atoms with van der Waals surface area (Å²) < 4.78 is 4.97. The van der Waals surface area contributed by atoms with Crippen LogP contribution in [-0.2, 0) is 23.9 Å². The number of primary amides is 1. The summed E-state index contributed by atoms with van der Waals surface area (Å²) in [5.74, 6) is -3.06. The number of nitrogens with two attached hydrogens (primary N) is 1. The number of amides is 3. The van der Waals surface area contributed by atoms with Gasteiger partial charge >= 0.3 is 5.97 Å². The fourth-order valence-electron chi connectivity index (χ4n) is 4.87. The lowest BCUT2D eigenvalue weighted by Gasteiger charge is -2.43. The van der Waals surface area contributed by atoms with Crippen molar-refractivity contribution in [2.45, 2.75) is 79.4 Å². The molecule has 0 aromatic heterocycles. The number of ether oxygens (including phenoxy) is 1. The number of rotatable bonds is 4. The van der Waals surface area contributed by atoms with Crippen LogP contribution in [0.5, 0.6) is 0 Å². The molecule has 1 saturated carbocycles. The van der Waals surface area contributed by atoms with Crippen LogP contribution in [0.15, 0.2) is 0 Å². The fourth-order valence-corrected chi connectivity index (χ4v) is 6.50. The number of carbonyl (C=O) groups is 4. The van der Waals surface area contributed by atoms with Crippen LogP contribution in [0, 0.1) is 0 Å². The molecule has 10 heteroatoms. The fraction of sp³-hybridized carbons (Fsp3) is 0.765. The number of fused-ring (bicyclic) bond motifs is 1. The van der Waals surface area contributed by atoms with E-state index in [2.05, 4.69) is 5.32 Å². The Morgan fingerprint density at radius 1 is 1.26 bits per heavy atom. The highest BCUT2D eigenvalue weighted by atomic mass is 32.2. The molecule has 3 heterocycles. The number of β-lactam (4-membered cyclic amide) rings is 1. The Kier molecular flexibility index (Phi) is 3.85. The summed E-state index contributed by atoms with van der Waals surface area (Å²) in [7, 11) is 0. The van der Waals surface area contributed by atoms with Crippen molar-refractivity contribution in [1.82, 2.24) is 10.2 Å². The Labute approximate surface area is 160 Å². The van der Waals surface area contributed by atoms with E-state index in [1.54, 1.807) is 13.8 Å². The van der Waals surface area contributed by atoms with Crippen molar-refractivity contribution >= 4 is 35.5 Å². The Morgan fingerprint density at radius 2 is 1.89 bits per heavy atom. The first kappa shape index (κ1) is 18.5. The maximum atomic E-state index is 12.9. The monoisotopic (exact) mass is 397 g/mol. The van der Waals surface area contributed by atoms with Crippen molar-refractivity contribution in [3.63, 3.8) is 0 Å². The highest BCUT2D eigenvalue weighted by Gasteiger charge is 2.78. The Balaban J connectivity index is 1.52. The lowest BCUT2D eigenvalue weighted by atomic mass is 9.79. The van der Waals surface area contributed by atoms with Crippen LogP contribution in [0.3, 0.4) is 0 Å². The van der Waals surface area contributed by atoms with Crippen molar-refractivity contribution in [2.24, 2.45) is 5.73 Å². The molecule has 3 aliphatic heterocycles. The Morgan fingerprint density at radius 3 is 2.44 bits per heavy atom. The van der Waals surface area contributed by atoms with Gasteiger partial charge in [-0.15, -0.1) is 11.8 Å². The van der Waals surface area contributed by atoms with E-state index >= 15 is 0 Å². The van der Waals surface area contributed by atoms with E-state index in [4.69, 9.17) is 10.5 Å². The zero-order valence-electron chi connectivity index (χ0n) is 15.2. The molecule has 4 aliphatic rings. The number of hydrogen-bond acceptors (Lipinski definition) is 6. The number of carboxylic acids is 1. The van der Waals surface area contributed by atoms with Gasteiger partial charge in [0.15, 0.2) is 0 Å². The van der Waals surface area contributed by atoms with E-state index in [1.807, 2.05) is 0 Å².